The molecule has 0 saturated heterocycles. The summed E-state index contributed by atoms with van der Waals surface area (Å²) in [5, 5.41) is 3.40. The number of benzene rings is 1. The molecule has 0 spiro atoms. The lowest BCUT2D eigenvalue weighted by Crippen LogP contribution is -2.22. The summed E-state index contributed by atoms with van der Waals surface area (Å²) in [6, 6.07) is 6.72. The van der Waals surface area contributed by atoms with Crippen LogP contribution in [0.3, 0.4) is 0 Å². The van der Waals surface area contributed by atoms with Crippen LogP contribution in [0.4, 0.5) is 0 Å². The second kappa shape index (κ2) is 5.29. The van der Waals surface area contributed by atoms with Crippen molar-refractivity contribution in [2.45, 2.75) is 39.3 Å². The van der Waals surface area contributed by atoms with Crippen LogP contribution in [-0.2, 0) is 19.4 Å². The van der Waals surface area contributed by atoms with E-state index in [0.29, 0.717) is 6.04 Å². The highest BCUT2D eigenvalue weighted by molar-refractivity contribution is 5.69. The van der Waals surface area contributed by atoms with Crippen molar-refractivity contribution < 1.29 is 4.74 Å². The first kappa shape index (κ1) is 13.2. The Kier molecular flexibility index (Phi) is 3.49. The third-order valence-corrected chi connectivity index (χ3v) is 3.72. The second-order valence-electron chi connectivity index (χ2n) is 5.57. The number of fused-ring (bicyclic) bond motifs is 3. The first-order valence-electron chi connectivity index (χ1n) is 7.16. The molecular weight excluding hydrogens is 250 g/mol. The maximum Gasteiger partial charge on any atom is 0.121 e. The van der Waals surface area contributed by atoms with Crippen LogP contribution in [-0.4, -0.2) is 23.1 Å². The summed E-state index contributed by atoms with van der Waals surface area (Å²) in [6.07, 6.45) is 2.06. The summed E-state index contributed by atoms with van der Waals surface area (Å²) in [7, 11) is 1.71. The molecule has 0 amide bonds. The average molecular weight is 271 g/mol. The molecule has 0 saturated carbocycles. The van der Waals surface area contributed by atoms with Crippen molar-refractivity contribution >= 4 is 0 Å². The summed E-state index contributed by atoms with van der Waals surface area (Å²) in [5.41, 5.74) is 4.92. The summed E-state index contributed by atoms with van der Waals surface area (Å²) in [4.78, 5) is 8.21. The standard InChI is InChI=1S/C16H21N3O/c1-10(2)17-9-15-18-14-7-4-11-8-12(20-3)5-6-13(11)16(14)19-15/h5-6,8,10,17H,4,7,9H2,1-3H3,(H,18,19). The van der Waals surface area contributed by atoms with Crippen molar-refractivity contribution in [1.82, 2.24) is 15.3 Å². The van der Waals surface area contributed by atoms with E-state index < -0.39 is 0 Å². The molecule has 1 aliphatic carbocycles. The number of ether oxygens (including phenoxy) is 1. The molecule has 2 N–H and O–H groups in total. The fourth-order valence-electron chi connectivity index (χ4n) is 2.65. The topological polar surface area (TPSA) is 49.9 Å². The van der Waals surface area contributed by atoms with E-state index >= 15 is 0 Å². The fourth-order valence-corrected chi connectivity index (χ4v) is 2.65. The molecular formula is C16H21N3O. The summed E-state index contributed by atoms with van der Waals surface area (Å²) < 4.78 is 5.30. The van der Waals surface area contributed by atoms with Gasteiger partial charge in [-0.25, -0.2) is 4.98 Å². The highest BCUT2D eigenvalue weighted by Gasteiger charge is 2.20. The summed E-state index contributed by atoms with van der Waals surface area (Å²) in [5.74, 6) is 1.94. The number of imidazole rings is 1. The average Bonchev–Trinajstić information content (AvgIpc) is 2.87. The molecule has 4 heteroatoms. The quantitative estimate of drug-likeness (QED) is 0.899. The van der Waals surface area contributed by atoms with Crippen molar-refractivity contribution in [2.75, 3.05) is 7.11 Å². The van der Waals surface area contributed by atoms with E-state index in [4.69, 9.17) is 9.72 Å². The Bertz CT molecular complexity index is 616. The van der Waals surface area contributed by atoms with Crippen LogP contribution in [0.1, 0.15) is 30.9 Å². The SMILES string of the molecule is COc1ccc2c(c1)CCc1[nH]c(CNC(C)C)nc1-2. The van der Waals surface area contributed by atoms with Crippen LogP contribution in [0.2, 0.25) is 0 Å². The molecule has 0 atom stereocenters. The predicted molar refractivity (Wildman–Crippen MR) is 80.0 cm³/mol. The van der Waals surface area contributed by atoms with Gasteiger partial charge in [-0.05, 0) is 36.6 Å². The highest BCUT2D eigenvalue weighted by atomic mass is 16.5. The van der Waals surface area contributed by atoms with Gasteiger partial charge in [-0.3, -0.25) is 0 Å². The van der Waals surface area contributed by atoms with E-state index in [9.17, 15) is 0 Å². The van der Waals surface area contributed by atoms with Crippen molar-refractivity contribution in [2.24, 2.45) is 0 Å². The number of methoxy groups -OCH3 is 1. The van der Waals surface area contributed by atoms with Crippen LogP contribution in [0.25, 0.3) is 11.3 Å². The maximum absolute atomic E-state index is 5.30. The lowest BCUT2D eigenvalue weighted by molar-refractivity contribution is 0.414. The number of aryl methyl sites for hydroxylation is 2. The Labute approximate surface area is 119 Å². The molecule has 0 aliphatic heterocycles. The highest BCUT2D eigenvalue weighted by Crippen LogP contribution is 2.33. The summed E-state index contributed by atoms with van der Waals surface area (Å²) >= 11 is 0. The Morgan fingerprint density at radius 1 is 1.35 bits per heavy atom. The minimum atomic E-state index is 0.466. The van der Waals surface area contributed by atoms with Gasteiger partial charge in [0.1, 0.15) is 11.6 Å². The van der Waals surface area contributed by atoms with Crippen LogP contribution >= 0.6 is 0 Å². The van der Waals surface area contributed by atoms with Gasteiger partial charge in [0.15, 0.2) is 0 Å². The minimum absolute atomic E-state index is 0.466. The number of hydrogen-bond acceptors (Lipinski definition) is 3. The van der Waals surface area contributed by atoms with E-state index in [0.717, 1.165) is 36.7 Å². The second-order valence-corrected chi connectivity index (χ2v) is 5.57. The number of nitrogens with one attached hydrogen (secondary N) is 2. The molecule has 20 heavy (non-hydrogen) atoms. The van der Waals surface area contributed by atoms with Gasteiger partial charge in [0.25, 0.3) is 0 Å². The fraction of sp³-hybridized carbons (Fsp3) is 0.438. The predicted octanol–water partition coefficient (Wildman–Crippen LogP) is 2.68. The van der Waals surface area contributed by atoms with Crippen LogP contribution in [0.15, 0.2) is 18.2 Å². The first-order chi connectivity index (χ1) is 9.67. The Balaban J connectivity index is 1.91. The lowest BCUT2D eigenvalue weighted by Gasteiger charge is -2.15. The Morgan fingerprint density at radius 2 is 2.20 bits per heavy atom. The normalized spacial score (nSPS) is 13.2. The number of aromatic nitrogens is 2. The molecule has 0 bridgehead atoms. The third kappa shape index (κ3) is 2.43. The van der Waals surface area contributed by atoms with Crippen molar-refractivity contribution in [3.05, 3.63) is 35.3 Å². The van der Waals surface area contributed by atoms with E-state index in [1.165, 1.54) is 16.8 Å². The molecule has 3 rings (SSSR count). The van der Waals surface area contributed by atoms with E-state index in [2.05, 4.69) is 36.3 Å². The van der Waals surface area contributed by atoms with Crippen molar-refractivity contribution in [3.8, 4) is 17.0 Å². The van der Waals surface area contributed by atoms with E-state index in [1.807, 2.05) is 6.07 Å². The van der Waals surface area contributed by atoms with Gasteiger partial charge in [0.05, 0.1) is 19.3 Å². The minimum Gasteiger partial charge on any atom is -0.497 e. The molecule has 1 aliphatic rings. The number of H-pyrrole nitrogens is 1. The molecule has 0 radical (unpaired) electrons. The molecule has 1 aromatic carbocycles. The van der Waals surface area contributed by atoms with Crippen LogP contribution < -0.4 is 10.1 Å². The maximum atomic E-state index is 5.30. The van der Waals surface area contributed by atoms with Gasteiger partial charge in [0, 0.05) is 17.3 Å². The van der Waals surface area contributed by atoms with Gasteiger partial charge >= 0.3 is 0 Å². The Hall–Kier alpha value is -1.81. The number of rotatable bonds is 4. The summed E-state index contributed by atoms with van der Waals surface area (Å²) in [6.45, 7) is 5.07. The largest absolute Gasteiger partial charge is 0.497 e. The first-order valence-corrected chi connectivity index (χ1v) is 7.16. The molecule has 0 unspecified atom stereocenters. The third-order valence-electron chi connectivity index (χ3n) is 3.72. The lowest BCUT2D eigenvalue weighted by atomic mass is 9.92. The smallest absolute Gasteiger partial charge is 0.121 e. The molecule has 1 heterocycles. The van der Waals surface area contributed by atoms with E-state index in [1.54, 1.807) is 7.11 Å². The number of hydrogen-bond donors (Lipinski definition) is 2. The van der Waals surface area contributed by atoms with Crippen LogP contribution in [0, 0.1) is 0 Å². The molecule has 4 nitrogen and oxygen atoms in total. The van der Waals surface area contributed by atoms with Crippen LogP contribution in [0.5, 0.6) is 5.75 Å². The van der Waals surface area contributed by atoms with Crippen molar-refractivity contribution in [1.29, 1.82) is 0 Å². The van der Waals surface area contributed by atoms with Gasteiger partial charge in [-0.15, -0.1) is 0 Å². The monoisotopic (exact) mass is 271 g/mol. The zero-order valence-corrected chi connectivity index (χ0v) is 12.3. The zero-order chi connectivity index (χ0) is 14.1. The van der Waals surface area contributed by atoms with Gasteiger partial charge in [-0.1, -0.05) is 13.8 Å². The van der Waals surface area contributed by atoms with Crippen molar-refractivity contribution in [3.63, 3.8) is 0 Å². The van der Waals surface area contributed by atoms with Gasteiger partial charge < -0.3 is 15.0 Å². The van der Waals surface area contributed by atoms with Gasteiger partial charge in [-0.2, -0.15) is 0 Å². The molecule has 106 valence electrons. The molecule has 1 aromatic heterocycles. The number of nitrogens with zero attached hydrogens (tertiary/aromatic N) is 1. The Morgan fingerprint density at radius 3 is 2.95 bits per heavy atom. The zero-order valence-electron chi connectivity index (χ0n) is 12.3. The molecule has 0 fully saturated rings. The molecule has 2 aromatic rings. The number of aromatic amines is 1. The van der Waals surface area contributed by atoms with E-state index in [-0.39, 0.29) is 0 Å². The van der Waals surface area contributed by atoms with Gasteiger partial charge in [0.2, 0.25) is 0 Å².